The molecule has 6 heteroatoms. The van der Waals surface area contributed by atoms with Gasteiger partial charge in [-0.3, -0.25) is 4.98 Å². The van der Waals surface area contributed by atoms with E-state index in [2.05, 4.69) is 24.1 Å². The summed E-state index contributed by atoms with van der Waals surface area (Å²) in [6.45, 7) is 4.66. The number of rotatable bonds is 6. The zero-order chi connectivity index (χ0) is 13.8. The standard InChI is InChI=1S/C12H21N3O2S/c1-10(2)6-8-15(4)18(16,17)12-9-14-7-5-11(12)13-3/h5,7,9-10H,6,8H2,1-4H3,(H,13,14). The van der Waals surface area contributed by atoms with E-state index in [0.717, 1.165) is 6.42 Å². The van der Waals surface area contributed by atoms with E-state index in [4.69, 9.17) is 0 Å². The number of hydrogen-bond acceptors (Lipinski definition) is 4. The van der Waals surface area contributed by atoms with E-state index in [0.29, 0.717) is 18.2 Å². The molecule has 0 radical (unpaired) electrons. The van der Waals surface area contributed by atoms with Crippen LogP contribution in [-0.2, 0) is 10.0 Å². The highest BCUT2D eigenvalue weighted by atomic mass is 32.2. The monoisotopic (exact) mass is 271 g/mol. The van der Waals surface area contributed by atoms with E-state index in [9.17, 15) is 8.42 Å². The van der Waals surface area contributed by atoms with Gasteiger partial charge in [0.25, 0.3) is 0 Å². The van der Waals surface area contributed by atoms with Crippen LogP contribution in [0.15, 0.2) is 23.4 Å². The molecule has 0 spiro atoms. The predicted octanol–water partition coefficient (Wildman–Crippen LogP) is 1.79. The maximum absolute atomic E-state index is 12.4. The molecule has 1 N–H and O–H groups in total. The van der Waals surface area contributed by atoms with Crippen LogP contribution in [0.2, 0.25) is 0 Å². The van der Waals surface area contributed by atoms with Crippen LogP contribution in [0.1, 0.15) is 20.3 Å². The van der Waals surface area contributed by atoms with Gasteiger partial charge >= 0.3 is 0 Å². The smallest absolute Gasteiger partial charge is 0.246 e. The number of anilines is 1. The molecule has 0 aliphatic heterocycles. The summed E-state index contributed by atoms with van der Waals surface area (Å²) < 4.78 is 26.1. The fraction of sp³-hybridized carbons (Fsp3) is 0.583. The highest BCUT2D eigenvalue weighted by Crippen LogP contribution is 2.22. The lowest BCUT2D eigenvalue weighted by Crippen LogP contribution is -2.29. The molecule has 1 aromatic rings. The maximum Gasteiger partial charge on any atom is 0.246 e. The molecule has 0 unspecified atom stereocenters. The lowest BCUT2D eigenvalue weighted by molar-refractivity contribution is 0.428. The first-order chi connectivity index (χ1) is 8.39. The summed E-state index contributed by atoms with van der Waals surface area (Å²) in [5, 5.41) is 2.88. The highest BCUT2D eigenvalue weighted by Gasteiger charge is 2.23. The summed E-state index contributed by atoms with van der Waals surface area (Å²) in [7, 11) is -0.171. The van der Waals surface area contributed by atoms with Gasteiger partial charge in [-0.1, -0.05) is 13.8 Å². The average Bonchev–Trinajstić information content (AvgIpc) is 2.35. The fourth-order valence-corrected chi connectivity index (χ4v) is 2.84. The van der Waals surface area contributed by atoms with Crippen molar-refractivity contribution >= 4 is 15.7 Å². The number of hydrogen-bond donors (Lipinski definition) is 1. The van der Waals surface area contributed by atoms with Gasteiger partial charge in [-0.25, -0.2) is 12.7 Å². The van der Waals surface area contributed by atoms with Crippen LogP contribution in [0, 0.1) is 5.92 Å². The Morgan fingerprint density at radius 3 is 2.67 bits per heavy atom. The largest absolute Gasteiger partial charge is 0.387 e. The van der Waals surface area contributed by atoms with Crippen LogP contribution in [0.5, 0.6) is 0 Å². The van der Waals surface area contributed by atoms with Crippen LogP contribution in [-0.4, -0.2) is 38.3 Å². The predicted molar refractivity (Wildman–Crippen MR) is 73.1 cm³/mol. The molecule has 0 atom stereocenters. The van der Waals surface area contributed by atoms with Crippen molar-refractivity contribution in [1.29, 1.82) is 0 Å². The number of sulfonamides is 1. The van der Waals surface area contributed by atoms with Gasteiger partial charge in [-0.2, -0.15) is 0 Å². The summed E-state index contributed by atoms with van der Waals surface area (Å²) in [6, 6.07) is 1.66. The second-order valence-corrected chi connectivity index (χ2v) is 6.64. The number of pyridine rings is 1. The highest BCUT2D eigenvalue weighted by molar-refractivity contribution is 7.89. The Morgan fingerprint density at radius 2 is 2.11 bits per heavy atom. The third-order valence-corrected chi connectivity index (χ3v) is 4.65. The van der Waals surface area contributed by atoms with Crippen molar-refractivity contribution in [3.8, 4) is 0 Å². The first kappa shape index (κ1) is 14.9. The molecule has 0 saturated heterocycles. The number of aromatic nitrogens is 1. The van der Waals surface area contributed by atoms with E-state index in [1.807, 2.05) is 0 Å². The second-order valence-electron chi connectivity index (χ2n) is 4.63. The topological polar surface area (TPSA) is 62.3 Å². The van der Waals surface area contributed by atoms with Gasteiger partial charge in [0.2, 0.25) is 10.0 Å². The van der Waals surface area contributed by atoms with Gasteiger partial charge in [0.05, 0.1) is 5.69 Å². The molecule has 1 rings (SSSR count). The summed E-state index contributed by atoms with van der Waals surface area (Å²) in [6.07, 6.45) is 3.79. The van der Waals surface area contributed by atoms with Crippen molar-refractivity contribution in [2.24, 2.45) is 5.92 Å². The van der Waals surface area contributed by atoms with Crippen LogP contribution >= 0.6 is 0 Å². The van der Waals surface area contributed by atoms with Crippen LogP contribution in [0.4, 0.5) is 5.69 Å². The van der Waals surface area contributed by atoms with E-state index in [-0.39, 0.29) is 4.90 Å². The van der Waals surface area contributed by atoms with Gasteiger partial charge in [-0.05, 0) is 18.4 Å². The number of nitrogens with zero attached hydrogens (tertiary/aromatic N) is 2. The van der Waals surface area contributed by atoms with E-state index < -0.39 is 10.0 Å². The second kappa shape index (κ2) is 6.15. The van der Waals surface area contributed by atoms with Crippen molar-refractivity contribution in [3.05, 3.63) is 18.5 Å². The van der Waals surface area contributed by atoms with E-state index in [1.165, 1.54) is 10.5 Å². The lowest BCUT2D eigenvalue weighted by Gasteiger charge is -2.19. The summed E-state index contributed by atoms with van der Waals surface area (Å²) in [5.74, 6) is 0.473. The minimum Gasteiger partial charge on any atom is -0.387 e. The van der Waals surface area contributed by atoms with E-state index in [1.54, 1.807) is 26.4 Å². The molecule has 0 aliphatic rings. The molecule has 0 aliphatic carbocycles. The van der Waals surface area contributed by atoms with Gasteiger partial charge < -0.3 is 5.32 Å². The third kappa shape index (κ3) is 3.43. The zero-order valence-corrected chi connectivity index (χ0v) is 12.2. The third-order valence-electron chi connectivity index (χ3n) is 2.76. The average molecular weight is 271 g/mol. The molecule has 102 valence electrons. The molecule has 0 aromatic carbocycles. The normalized spacial score (nSPS) is 12.1. The van der Waals surface area contributed by atoms with Crippen LogP contribution in [0.3, 0.4) is 0 Å². The molecule has 0 fully saturated rings. The summed E-state index contributed by atoms with van der Waals surface area (Å²) >= 11 is 0. The van der Waals surface area contributed by atoms with Crippen LogP contribution in [0.25, 0.3) is 0 Å². The Balaban J connectivity index is 2.98. The van der Waals surface area contributed by atoms with Crippen molar-refractivity contribution < 1.29 is 8.42 Å². The molecule has 0 saturated carbocycles. The molecule has 1 aromatic heterocycles. The number of nitrogens with one attached hydrogen (secondary N) is 1. The Morgan fingerprint density at radius 1 is 1.44 bits per heavy atom. The molecule has 0 amide bonds. The Hall–Kier alpha value is -1.14. The SMILES string of the molecule is CNc1ccncc1S(=O)(=O)N(C)CCC(C)C. The van der Waals surface area contributed by atoms with Crippen molar-refractivity contribution in [2.45, 2.75) is 25.2 Å². The molecule has 1 heterocycles. The van der Waals surface area contributed by atoms with Gasteiger partial charge in [0, 0.05) is 33.0 Å². The van der Waals surface area contributed by atoms with Crippen molar-refractivity contribution in [3.63, 3.8) is 0 Å². The zero-order valence-electron chi connectivity index (χ0n) is 11.3. The van der Waals surface area contributed by atoms with E-state index >= 15 is 0 Å². The minimum atomic E-state index is -3.47. The van der Waals surface area contributed by atoms with Crippen molar-refractivity contribution in [2.75, 3.05) is 26.0 Å². The lowest BCUT2D eigenvalue weighted by atomic mass is 10.1. The Kier molecular flexibility index (Phi) is 5.10. The molecule has 5 nitrogen and oxygen atoms in total. The van der Waals surface area contributed by atoms with Crippen LogP contribution < -0.4 is 5.32 Å². The van der Waals surface area contributed by atoms with Gasteiger partial charge in [0.1, 0.15) is 4.90 Å². The van der Waals surface area contributed by atoms with Crippen molar-refractivity contribution in [1.82, 2.24) is 9.29 Å². The minimum absolute atomic E-state index is 0.221. The first-order valence-corrected chi connectivity index (χ1v) is 7.41. The summed E-state index contributed by atoms with van der Waals surface area (Å²) in [4.78, 5) is 4.11. The van der Waals surface area contributed by atoms with Gasteiger partial charge in [0.15, 0.2) is 0 Å². The molecular weight excluding hydrogens is 250 g/mol. The summed E-state index contributed by atoms with van der Waals surface area (Å²) in [5.41, 5.74) is 0.571. The Bertz CT molecular complexity index is 486. The molecule has 0 bridgehead atoms. The van der Waals surface area contributed by atoms with Gasteiger partial charge in [-0.15, -0.1) is 0 Å². The first-order valence-electron chi connectivity index (χ1n) is 5.97. The fourth-order valence-electron chi connectivity index (χ4n) is 1.52. The molecule has 18 heavy (non-hydrogen) atoms. The molecular formula is C12H21N3O2S. The quantitative estimate of drug-likeness (QED) is 0.857. The maximum atomic E-state index is 12.4. The Labute approximate surface area is 109 Å².